The predicted octanol–water partition coefficient (Wildman–Crippen LogP) is 1.43. The van der Waals surface area contributed by atoms with Crippen molar-refractivity contribution in [1.82, 2.24) is 0 Å². The van der Waals surface area contributed by atoms with E-state index in [4.69, 9.17) is 4.74 Å². The number of hydrogen-bond donors (Lipinski definition) is 0. The zero-order valence-corrected chi connectivity index (χ0v) is 7.73. The van der Waals surface area contributed by atoms with Crippen molar-refractivity contribution in [3.05, 3.63) is 23.8 Å². The lowest BCUT2D eigenvalue weighted by atomic mass is 10.2. The van der Waals surface area contributed by atoms with Gasteiger partial charge in [-0.3, -0.25) is 9.59 Å². The standard InChI is InChI=1S/C10H10O4/c1-2-13-10-5-8(6-11)3-4-9(10)14-7-12/h3-7H,2H2,1H3. The van der Waals surface area contributed by atoms with Gasteiger partial charge in [0, 0.05) is 5.56 Å². The van der Waals surface area contributed by atoms with Crippen LogP contribution in [0, 0.1) is 0 Å². The largest absolute Gasteiger partial charge is 0.490 e. The second-order valence-corrected chi connectivity index (χ2v) is 2.47. The van der Waals surface area contributed by atoms with E-state index < -0.39 is 0 Å². The van der Waals surface area contributed by atoms with Crippen LogP contribution in [0.1, 0.15) is 17.3 Å². The van der Waals surface area contributed by atoms with Crippen LogP contribution in [0.5, 0.6) is 11.5 Å². The summed E-state index contributed by atoms with van der Waals surface area (Å²) in [6.07, 6.45) is 0.702. The number of hydrogen-bond acceptors (Lipinski definition) is 4. The first-order valence-electron chi connectivity index (χ1n) is 4.14. The Bertz CT molecular complexity index is 333. The Balaban J connectivity index is 3.02. The van der Waals surface area contributed by atoms with Gasteiger partial charge < -0.3 is 9.47 Å². The van der Waals surface area contributed by atoms with Crippen LogP contribution >= 0.6 is 0 Å². The van der Waals surface area contributed by atoms with Gasteiger partial charge in [-0.15, -0.1) is 0 Å². The first-order valence-corrected chi connectivity index (χ1v) is 4.14. The molecule has 0 bridgehead atoms. The van der Waals surface area contributed by atoms with Crippen LogP contribution in [0.15, 0.2) is 18.2 Å². The van der Waals surface area contributed by atoms with Crippen molar-refractivity contribution in [2.24, 2.45) is 0 Å². The first kappa shape index (κ1) is 10.2. The summed E-state index contributed by atoms with van der Waals surface area (Å²) in [5.74, 6) is 0.705. The van der Waals surface area contributed by atoms with Gasteiger partial charge in [0.2, 0.25) is 0 Å². The summed E-state index contributed by atoms with van der Waals surface area (Å²) in [6.45, 7) is 2.56. The molecule has 0 fully saturated rings. The number of ether oxygens (including phenoxy) is 2. The average molecular weight is 194 g/mol. The summed E-state index contributed by atoms with van der Waals surface area (Å²) in [6, 6.07) is 4.59. The highest BCUT2D eigenvalue weighted by atomic mass is 16.5. The molecule has 1 aromatic carbocycles. The second-order valence-electron chi connectivity index (χ2n) is 2.47. The SMILES string of the molecule is CCOc1cc(C=O)ccc1OC=O. The van der Waals surface area contributed by atoms with Crippen molar-refractivity contribution < 1.29 is 19.1 Å². The summed E-state index contributed by atoms with van der Waals surface area (Å²) in [7, 11) is 0. The highest BCUT2D eigenvalue weighted by Gasteiger charge is 2.05. The van der Waals surface area contributed by atoms with Crippen molar-refractivity contribution >= 4 is 12.8 Å². The summed E-state index contributed by atoms with van der Waals surface area (Å²) in [5, 5.41) is 0. The molecule has 1 rings (SSSR count). The van der Waals surface area contributed by atoms with E-state index in [2.05, 4.69) is 4.74 Å². The van der Waals surface area contributed by atoms with E-state index in [1.165, 1.54) is 12.1 Å². The molecule has 1 aromatic rings. The van der Waals surface area contributed by atoms with Crippen molar-refractivity contribution in [1.29, 1.82) is 0 Å². The molecule has 0 atom stereocenters. The van der Waals surface area contributed by atoms with E-state index in [1.54, 1.807) is 13.0 Å². The fourth-order valence-corrected chi connectivity index (χ4v) is 1.02. The average Bonchev–Trinajstić information content (AvgIpc) is 2.21. The summed E-state index contributed by atoms with van der Waals surface area (Å²) >= 11 is 0. The normalized spacial score (nSPS) is 9.21. The molecule has 74 valence electrons. The van der Waals surface area contributed by atoms with Crippen molar-refractivity contribution in [2.45, 2.75) is 6.92 Å². The van der Waals surface area contributed by atoms with Gasteiger partial charge >= 0.3 is 0 Å². The van der Waals surface area contributed by atoms with E-state index >= 15 is 0 Å². The Labute approximate surface area is 81.4 Å². The van der Waals surface area contributed by atoms with Crippen LogP contribution in [0.2, 0.25) is 0 Å². The lowest BCUT2D eigenvalue weighted by molar-refractivity contribution is -0.120. The van der Waals surface area contributed by atoms with Crippen molar-refractivity contribution in [2.75, 3.05) is 6.61 Å². The topological polar surface area (TPSA) is 52.6 Å². The quantitative estimate of drug-likeness (QED) is 0.665. The number of carbonyl (C=O) groups excluding carboxylic acids is 2. The first-order chi connectivity index (χ1) is 6.81. The maximum atomic E-state index is 10.5. The fraction of sp³-hybridized carbons (Fsp3) is 0.200. The summed E-state index contributed by atoms with van der Waals surface area (Å²) in [5.41, 5.74) is 0.478. The number of rotatable bonds is 5. The summed E-state index contributed by atoms with van der Waals surface area (Å²) in [4.78, 5) is 20.6. The van der Waals surface area contributed by atoms with E-state index in [9.17, 15) is 9.59 Å². The Morgan fingerprint density at radius 3 is 2.64 bits per heavy atom. The molecule has 14 heavy (non-hydrogen) atoms. The molecule has 0 radical (unpaired) electrons. The third-order valence-electron chi connectivity index (χ3n) is 1.58. The Morgan fingerprint density at radius 1 is 1.29 bits per heavy atom. The van der Waals surface area contributed by atoms with Crippen LogP contribution in [0.25, 0.3) is 0 Å². The molecular weight excluding hydrogens is 184 g/mol. The van der Waals surface area contributed by atoms with Gasteiger partial charge in [-0.1, -0.05) is 0 Å². The molecule has 0 amide bonds. The van der Waals surface area contributed by atoms with Crippen LogP contribution in [-0.4, -0.2) is 19.4 Å². The van der Waals surface area contributed by atoms with E-state index in [-0.39, 0.29) is 0 Å². The van der Waals surface area contributed by atoms with Crippen molar-refractivity contribution in [3.63, 3.8) is 0 Å². The maximum Gasteiger partial charge on any atom is 0.298 e. The number of benzene rings is 1. The van der Waals surface area contributed by atoms with Crippen molar-refractivity contribution in [3.8, 4) is 11.5 Å². The minimum Gasteiger partial charge on any atom is -0.490 e. The van der Waals surface area contributed by atoms with Gasteiger partial charge in [0.25, 0.3) is 6.47 Å². The molecule has 0 aromatic heterocycles. The van der Waals surface area contributed by atoms with Crippen LogP contribution in [0.4, 0.5) is 0 Å². The molecule has 4 nitrogen and oxygen atoms in total. The molecule has 0 aliphatic heterocycles. The second kappa shape index (κ2) is 5.01. The third kappa shape index (κ3) is 2.32. The minimum absolute atomic E-state index is 0.312. The molecule has 0 N–H and O–H groups in total. The Morgan fingerprint density at radius 2 is 2.07 bits per heavy atom. The molecule has 0 heterocycles. The lowest BCUT2D eigenvalue weighted by Crippen LogP contribution is -1.97. The molecule has 0 aliphatic carbocycles. The molecule has 0 saturated carbocycles. The molecule has 0 spiro atoms. The zero-order chi connectivity index (χ0) is 10.4. The van der Waals surface area contributed by atoms with Gasteiger partial charge in [0.05, 0.1) is 6.61 Å². The van der Waals surface area contributed by atoms with E-state index in [0.717, 1.165) is 0 Å². The monoisotopic (exact) mass is 194 g/mol. The van der Waals surface area contributed by atoms with Gasteiger partial charge in [0.15, 0.2) is 11.5 Å². The Kier molecular flexibility index (Phi) is 3.67. The fourth-order valence-electron chi connectivity index (χ4n) is 1.02. The Hall–Kier alpha value is -1.84. The zero-order valence-electron chi connectivity index (χ0n) is 7.73. The molecular formula is C10H10O4. The van der Waals surface area contributed by atoms with E-state index in [0.29, 0.717) is 36.4 Å². The van der Waals surface area contributed by atoms with Gasteiger partial charge in [-0.05, 0) is 25.1 Å². The third-order valence-corrected chi connectivity index (χ3v) is 1.58. The molecule has 0 unspecified atom stereocenters. The molecule has 0 aliphatic rings. The van der Waals surface area contributed by atoms with E-state index in [1.807, 2.05) is 0 Å². The van der Waals surface area contributed by atoms with Gasteiger partial charge in [-0.25, -0.2) is 0 Å². The van der Waals surface area contributed by atoms with Gasteiger partial charge in [0.1, 0.15) is 6.29 Å². The van der Waals surface area contributed by atoms with Crippen LogP contribution in [0.3, 0.4) is 0 Å². The molecule has 0 saturated heterocycles. The maximum absolute atomic E-state index is 10.5. The minimum atomic E-state index is 0.312. The van der Waals surface area contributed by atoms with Crippen LogP contribution in [-0.2, 0) is 4.79 Å². The van der Waals surface area contributed by atoms with Crippen LogP contribution < -0.4 is 9.47 Å². The highest BCUT2D eigenvalue weighted by Crippen LogP contribution is 2.27. The number of carbonyl (C=O) groups is 2. The molecule has 4 heteroatoms. The summed E-state index contributed by atoms with van der Waals surface area (Å²) < 4.78 is 9.86. The highest BCUT2D eigenvalue weighted by molar-refractivity contribution is 5.76. The predicted molar refractivity (Wildman–Crippen MR) is 49.7 cm³/mol. The number of aldehydes is 1. The lowest BCUT2D eigenvalue weighted by Gasteiger charge is -2.07. The van der Waals surface area contributed by atoms with Gasteiger partial charge in [-0.2, -0.15) is 0 Å². The smallest absolute Gasteiger partial charge is 0.298 e.